The number of carbonyl (C=O) groups excluding carboxylic acids is 1. The molecular weight excluding hydrogens is 642 g/mol. The Hall–Kier alpha value is -4.34. The molecule has 0 bridgehead atoms. The zero-order valence-corrected chi connectivity index (χ0v) is 26.9. The highest BCUT2D eigenvalue weighted by Gasteiger charge is 2.36. The van der Waals surface area contributed by atoms with Crippen molar-refractivity contribution in [2.24, 2.45) is 16.8 Å². The van der Waals surface area contributed by atoms with Gasteiger partial charge in [-0.2, -0.15) is 5.26 Å². The van der Waals surface area contributed by atoms with Gasteiger partial charge in [0.05, 0.1) is 28.0 Å². The van der Waals surface area contributed by atoms with Gasteiger partial charge in [-0.25, -0.2) is 18.2 Å². The number of nitriles is 1. The summed E-state index contributed by atoms with van der Waals surface area (Å²) in [6, 6.07) is 2.35. The molecular formula is C32H30Cl2F3N7O2. The highest BCUT2D eigenvalue weighted by Crippen LogP contribution is 2.42. The maximum absolute atomic E-state index is 15.4. The molecule has 14 heteroatoms. The summed E-state index contributed by atoms with van der Waals surface area (Å²) in [4.78, 5) is 39.4. The molecule has 2 aromatic heterocycles. The number of halogens is 5. The number of nitrogens with zero attached hydrogens (tertiary/aromatic N) is 6. The summed E-state index contributed by atoms with van der Waals surface area (Å²) in [5, 5.41) is 9.35. The largest absolute Gasteiger partial charge is 0.394 e. The first-order valence-electron chi connectivity index (χ1n) is 14.5. The quantitative estimate of drug-likeness (QED) is 0.148. The van der Waals surface area contributed by atoms with E-state index >= 15 is 8.78 Å². The van der Waals surface area contributed by atoms with Crippen molar-refractivity contribution >= 4 is 57.2 Å². The van der Waals surface area contributed by atoms with Crippen molar-refractivity contribution in [3.8, 4) is 17.3 Å². The van der Waals surface area contributed by atoms with Crippen LogP contribution in [0, 0.1) is 40.6 Å². The highest BCUT2D eigenvalue weighted by molar-refractivity contribution is 6.34. The molecule has 2 aliphatic rings. The number of pyridine rings is 2. The minimum atomic E-state index is -1.47. The van der Waals surface area contributed by atoms with Crippen LogP contribution in [0.1, 0.15) is 39.3 Å². The van der Waals surface area contributed by atoms with E-state index in [9.17, 15) is 19.2 Å². The Labute approximate surface area is 273 Å². The van der Waals surface area contributed by atoms with Gasteiger partial charge in [-0.15, -0.1) is 0 Å². The number of fused-ring (bicyclic) bond motifs is 1. The lowest BCUT2D eigenvalue weighted by Crippen LogP contribution is -2.54. The summed E-state index contributed by atoms with van der Waals surface area (Å²) in [6.45, 7) is 11.8. The van der Waals surface area contributed by atoms with Gasteiger partial charge in [0.2, 0.25) is 5.91 Å². The van der Waals surface area contributed by atoms with E-state index < -0.39 is 51.0 Å². The van der Waals surface area contributed by atoms with Crippen molar-refractivity contribution in [1.82, 2.24) is 14.5 Å². The zero-order valence-electron chi connectivity index (χ0n) is 25.4. The Bertz CT molecular complexity index is 1940. The van der Waals surface area contributed by atoms with E-state index in [1.54, 1.807) is 22.1 Å². The van der Waals surface area contributed by atoms with Gasteiger partial charge in [0.1, 0.15) is 28.0 Å². The number of carbonyl (C=O) groups is 1. The first-order valence-corrected chi connectivity index (χ1v) is 15.2. The van der Waals surface area contributed by atoms with Crippen LogP contribution >= 0.6 is 23.2 Å². The number of hydrogen-bond acceptors (Lipinski definition) is 7. The third-order valence-corrected chi connectivity index (χ3v) is 9.06. The minimum Gasteiger partial charge on any atom is -0.394 e. The molecule has 0 saturated carbocycles. The van der Waals surface area contributed by atoms with E-state index in [1.807, 2.05) is 27.7 Å². The van der Waals surface area contributed by atoms with Crippen LogP contribution in [0.15, 0.2) is 40.8 Å². The van der Waals surface area contributed by atoms with E-state index in [0.29, 0.717) is 5.71 Å². The molecule has 240 valence electrons. The number of piperazine rings is 1. The number of aromatic nitrogens is 2. The van der Waals surface area contributed by atoms with Gasteiger partial charge in [-0.3, -0.25) is 19.1 Å². The fraction of sp³-hybridized carbons (Fsp3) is 0.344. The van der Waals surface area contributed by atoms with Crippen LogP contribution in [-0.4, -0.2) is 51.7 Å². The second-order valence-corrected chi connectivity index (χ2v) is 12.4. The monoisotopic (exact) mass is 671 g/mol. The lowest BCUT2D eigenvalue weighted by molar-refractivity contribution is -0.128. The normalized spacial score (nSPS) is 19.8. The van der Waals surface area contributed by atoms with Crippen molar-refractivity contribution < 1.29 is 18.0 Å². The maximum Gasteiger partial charge on any atom is 0.272 e. The fourth-order valence-corrected chi connectivity index (χ4v) is 6.63. The Morgan fingerprint density at radius 1 is 1.20 bits per heavy atom. The van der Waals surface area contributed by atoms with E-state index in [1.165, 1.54) is 16.7 Å². The summed E-state index contributed by atoms with van der Waals surface area (Å²) in [7, 11) is 0. The SMILES string of the molecule is C=CC(=O)N1CCN(c2c(C#N)c(=O)n(C3C(C(C)C)=NC=CC3C)c3nc(-c4c(F)c(N)c(F)c(Cl)c4F)c(Cl)cc23)C[C@H]1C. The molecule has 1 aromatic carbocycles. The summed E-state index contributed by atoms with van der Waals surface area (Å²) >= 11 is 12.5. The van der Waals surface area contributed by atoms with Crippen LogP contribution in [0.25, 0.3) is 22.3 Å². The van der Waals surface area contributed by atoms with Crippen LogP contribution in [-0.2, 0) is 4.79 Å². The fourth-order valence-electron chi connectivity index (χ4n) is 6.19. The van der Waals surface area contributed by atoms with E-state index in [0.717, 1.165) is 0 Å². The molecule has 3 atom stereocenters. The Balaban J connectivity index is 1.89. The van der Waals surface area contributed by atoms with E-state index in [-0.39, 0.29) is 70.7 Å². The Morgan fingerprint density at radius 3 is 2.50 bits per heavy atom. The summed E-state index contributed by atoms with van der Waals surface area (Å²) < 4.78 is 46.6. The molecule has 1 saturated heterocycles. The standard InChI is InChI=1S/C32H30Cl2F3N7O2/c1-6-20(45)43-10-9-42(13-16(43)5)30-17-11-19(33)28(21-23(35)22(34)25(37)26(39)24(21)36)41-31(17)44(32(46)18(30)12-38)29-15(4)7-8-40-27(29)14(2)3/h6-8,11,14-16,29H,1,9-10,13,39H2,2-5H3/t15?,16-,29?/m1/s1. The van der Waals surface area contributed by atoms with Crippen molar-refractivity contribution in [2.75, 3.05) is 30.3 Å². The first-order chi connectivity index (χ1) is 21.7. The molecule has 0 spiro atoms. The number of allylic oxidation sites excluding steroid dienone is 1. The van der Waals surface area contributed by atoms with E-state index in [4.69, 9.17) is 28.9 Å². The number of anilines is 2. The highest BCUT2D eigenvalue weighted by atomic mass is 35.5. The third kappa shape index (κ3) is 5.21. The number of aliphatic imine (C=N–C) groups is 1. The first kappa shape index (κ1) is 33.0. The van der Waals surface area contributed by atoms with Crippen molar-refractivity contribution in [3.05, 3.63) is 74.4 Å². The molecule has 0 aliphatic carbocycles. The van der Waals surface area contributed by atoms with Gasteiger partial charge in [-0.05, 0) is 25.0 Å². The van der Waals surface area contributed by atoms with E-state index in [2.05, 4.69) is 22.6 Å². The maximum atomic E-state index is 15.4. The Morgan fingerprint density at radius 2 is 1.89 bits per heavy atom. The molecule has 3 aromatic rings. The van der Waals surface area contributed by atoms with Crippen LogP contribution < -0.4 is 16.2 Å². The number of hydrogen-bond donors (Lipinski definition) is 1. The van der Waals surface area contributed by atoms with Crippen LogP contribution in [0.3, 0.4) is 0 Å². The minimum absolute atomic E-state index is 0.0473. The topological polar surface area (TPSA) is 121 Å². The molecule has 9 nitrogen and oxygen atoms in total. The van der Waals surface area contributed by atoms with Gasteiger partial charge < -0.3 is 15.5 Å². The number of amides is 1. The smallest absolute Gasteiger partial charge is 0.272 e. The van der Waals surface area contributed by atoms with Crippen LogP contribution in [0.5, 0.6) is 0 Å². The van der Waals surface area contributed by atoms with Crippen molar-refractivity contribution in [3.63, 3.8) is 0 Å². The molecule has 2 aliphatic heterocycles. The second-order valence-electron chi connectivity index (χ2n) is 11.6. The summed E-state index contributed by atoms with van der Waals surface area (Å²) in [6.07, 6.45) is 4.65. The predicted molar refractivity (Wildman–Crippen MR) is 174 cm³/mol. The van der Waals surface area contributed by atoms with Crippen molar-refractivity contribution in [2.45, 2.75) is 39.8 Å². The predicted octanol–water partition coefficient (Wildman–Crippen LogP) is 6.27. The molecule has 4 heterocycles. The molecule has 1 amide bonds. The number of benzene rings is 1. The van der Waals surface area contributed by atoms with Gasteiger partial charge in [0.25, 0.3) is 5.56 Å². The molecule has 46 heavy (non-hydrogen) atoms. The molecule has 2 unspecified atom stereocenters. The van der Waals surface area contributed by atoms with Gasteiger partial charge >= 0.3 is 0 Å². The average molecular weight is 673 g/mol. The molecule has 1 fully saturated rings. The lowest BCUT2D eigenvalue weighted by Gasteiger charge is -2.41. The van der Waals surface area contributed by atoms with Crippen molar-refractivity contribution in [1.29, 1.82) is 5.26 Å². The third-order valence-electron chi connectivity index (χ3n) is 8.44. The Kier molecular flexibility index (Phi) is 8.94. The van der Waals surface area contributed by atoms with Gasteiger partial charge in [-0.1, -0.05) is 56.6 Å². The molecule has 2 N–H and O–H groups in total. The van der Waals surface area contributed by atoms with Crippen LogP contribution in [0.4, 0.5) is 24.5 Å². The van der Waals surface area contributed by atoms with Gasteiger partial charge in [0.15, 0.2) is 17.5 Å². The van der Waals surface area contributed by atoms with Crippen LogP contribution in [0.2, 0.25) is 10.0 Å². The molecule has 5 rings (SSSR count). The summed E-state index contributed by atoms with van der Waals surface area (Å²) in [5.41, 5.74) is 3.07. The van der Waals surface area contributed by atoms with Gasteiger partial charge in [0, 0.05) is 48.9 Å². The second kappa shape index (κ2) is 12.5. The lowest BCUT2D eigenvalue weighted by atomic mass is 9.88. The zero-order chi connectivity index (χ0) is 33.8. The number of nitrogens with two attached hydrogens (primary N) is 1. The number of rotatable bonds is 5. The number of nitrogen functional groups attached to an aromatic ring is 1. The summed E-state index contributed by atoms with van der Waals surface area (Å²) in [5.74, 6) is -5.13. The average Bonchev–Trinajstić information content (AvgIpc) is 3.02. The molecule has 0 radical (unpaired) electrons.